The highest BCUT2D eigenvalue weighted by Gasteiger charge is 2.27. The fourth-order valence-electron chi connectivity index (χ4n) is 3.08. The second-order valence-electron chi connectivity index (χ2n) is 6.50. The van der Waals surface area contributed by atoms with Gasteiger partial charge in [0, 0.05) is 32.9 Å². The number of piperazine rings is 1. The number of anilines is 1. The Morgan fingerprint density at radius 2 is 2.15 bits per heavy atom. The first-order valence-corrected chi connectivity index (χ1v) is 8.94. The maximum atomic E-state index is 12.6. The van der Waals surface area contributed by atoms with Crippen molar-refractivity contribution in [3.8, 4) is 0 Å². The molecule has 1 N–H and O–H groups in total. The van der Waals surface area contributed by atoms with Crippen LogP contribution in [0.4, 0.5) is 5.69 Å². The van der Waals surface area contributed by atoms with Crippen LogP contribution in [0.15, 0.2) is 41.7 Å². The molecule has 2 heterocycles. The Balaban J connectivity index is 0.00000261. The van der Waals surface area contributed by atoms with Gasteiger partial charge in [0.25, 0.3) is 0 Å². The average molecular weight is 482 g/mol. The minimum absolute atomic E-state index is 0. The van der Waals surface area contributed by atoms with Gasteiger partial charge in [-0.2, -0.15) is 5.10 Å². The van der Waals surface area contributed by atoms with E-state index >= 15 is 0 Å². The molecule has 1 aliphatic heterocycles. The Bertz CT molecular complexity index is 803. The standard InChI is InChI=1S/C19H26N6O.HI/c1-4-20-19(21-11-16-7-5-6-15(2)10-16)24-8-9-25(18(26)14-24)17-12-22-23(3)13-17;/h5-7,10,12-13H,4,8-9,11,14H2,1-3H3,(H,20,21);1H. The van der Waals surface area contributed by atoms with Crippen LogP contribution in [0, 0.1) is 6.92 Å². The number of guanidine groups is 1. The summed E-state index contributed by atoms with van der Waals surface area (Å²) >= 11 is 0. The minimum Gasteiger partial charge on any atom is -0.356 e. The topological polar surface area (TPSA) is 65.8 Å². The molecule has 7 nitrogen and oxygen atoms in total. The highest BCUT2D eigenvalue weighted by atomic mass is 127. The van der Waals surface area contributed by atoms with E-state index in [4.69, 9.17) is 4.99 Å². The Kier molecular flexibility index (Phi) is 7.64. The van der Waals surface area contributed by atoms with E-state index < -0.39 is 0 Å². The van der Waals surface area contributed by atoms with Gasteiger partial charge in [-0.15, -0.1) is 24.0 Å². The molecule has 1 aromatic carbocycles. The predicted molar refractivity (Wildman–Crippen MR) is 119 cm³/mol. The molecule has 0 unspecified atom stereocenters. The smallest absolute Gasteiger partial charge is 0.246 e. The summed E-state index contributed by atoms with van der Waals surface area (Å²) < 4.78 is 1.71. The van der Waals surface area contributed by atoms with Crippen molar-refractivity contribution < 1.29 is 4.79 Å². The van der Waals surface area contributed by atoms with Crippen LogP contribution >= 0.6 is 24.0 Å². The lowest BCUT2D eigenvalue weighted by molar-refractivity contribution is -0.120. The second kappa shape index (κ2) is 9.72. The first-order valence-electron chi connectivity index (χ1n) is 8.94. The van der Waals surface area contributed by atoms with Crippen LogP contribution in [0.1, 0.15) is 18.1 Å². The molecule has 1 aliphatic rings. The highest BCUT2D eigenvalue weighted by molar-refractivity contribution is 14.0. The molecule has 1 saturated heterocycles. The highest BCUT2D eigenvalue weighted by Crippen LogP contribution is 2.16. The monoisotopic (exact) mass is 482 g/mol. The van der Waals surface area contributed by atoms with Crippen molar-refractivity contribution in [1.29, 1.82) is 0 Å². The predicted octanol–water partition coefficient (Wildman–Crippen LogP) is 2.16. The van der Waals surface area contributed by atoms with Crippen molar-refractivity contribution in [1.82, 2.24) is 20.0 Å². The lowest BCUT2D eigenvalue weighted by atomic mass is 10.1. The number of hydrogen-bond donors (Lipinski definition) is 1. The van der Waals surface area contributed by atoms with Crippen LogP contribution in [0.3, 0.4) is 0 Å². The Labute approximate surface area is 177 Å². The molecule has 0 atom stereocenters. The van der Waals surface area contributed by atoms with E-state index in [1.54, 1.807) is 15.8 Å². The zero-order valence-electron chi connectivity index (χ0n) is 16.1. The van der Waals surface area contributed by atoms with Crippen LogP contribution in [0.2, 0.25) is 0 Å². The molecule has 0 spiro atoms. The van der Waals surface area contributed by atoms with Crippen LogP contribution < -0.4 is 10.2 Å². The largest absolute Gasteiger partial charge is 0.356 e. The zero-order valence-corrected chi connectivity index (χ0v) is 18.4. The summed E-state index contributed by atoms with van der Waals surface area (Å²) in [7, 11) is 1.85. The van der Waals surface area contributed by atoms with Crippen molar-refractivity contribution in [3.63, 3.8) is 0 Å². The number of carbonyl (C=O) groups is 1. The summed E-state index contributed by atoms with van der Waals surface area (Å²) in [5.74, 6) is 0.846. The third-order valence-electron chi connectivity index (χ3n) is 4.35. The molecule has 0 saturated carbocycles. The molecule has 0 bridgehead atoms. The number of aliphatic imine (C=N–C) groups is 1. The SMILES string of the molecule is CCNC(=NCc1cccc(C)c1)N1CCN(c2cnn(C)c2)C(=O)C1.I. The summed E-state index contributed by atoms with van der Waals surface area (Å²) in [4.78, 5) is 21.1. The average Bonchev–Trinajstić information content (AvgIpc) is 3.04. The molecule has 27 heavy (non-hydrogen) atoms. The van der Waals surface area contributed by atoms with Gasteiger partial charge in [-0.3, -0.25) is 9.48 Å². The van der Waals surface area contributed by atoms with Crippen molar-refractivity contribution in [3.05, 3.63) is 47.8 Å². The Morgan fingerprint density at radius 1 is 1.33 bits per heavy atom. The third kappa shape index (κ3) is 5.44. The molecule has 8 heteroatoms. The number of benzene rings is 1. The minimum atomic E-state index is 0. The van der Waals surface area contributed by atoms with E-state index in [2.05, 4.69) is 35.5 Å². The van der Waals surface area contributed by atoms with Crippen molar-refractivity contribution in [2.24, 2.45) is 12.0 Å². The lowest BCUT2D eigenvalue weighted by Crippen LogP contribution is -2.55. The summed E-state index contributed by atoms with van der Waals surface area (Å²) in [6.07, 6.45) is 3.59. The van der Waals surface area contributed by atoms with Gasteiger partial charge in [0.1, 0.15) is 6.54 Å². The number of hydrogen-bond acceptors (Lipinski definition) is 3. The molecule has 1 amide bonds. The zero-order chi connectivity index (χ0) is 18.5. The number of nitrogens with one attached hydrogen (secondary N) is 1. The molecule has 0 radical (unpaired) electrons. The number of aryl methyl sites for hydroxylation is 2. The van der Waals surface area contributed by atoms with Crippen LogP contribution in [-0.2, 0) is 18.4 Å². The fraction of sp³-hybridized carbons (Fsp3) is 0.421. The number of rotatable bonds is 4. The number of amides is 1. The first-order chi connectivity index (χ1) is 12.6. The quantitative estimate of drug-likeness (QED) is 0.412. The van der Waals surface area contributed by atoms with Crippen LogP contribution in [-0.4, -0.2) is 52.7 Å². The maximum Gasteiger partial charge on any atom is 0.246 e. The number of halogens is 1. The van der Waals surface area contributed by atoms with Crippen molar-refractivity contribution in [2.45, 2.75) is 20.4 Å². The fourth-order valence-corrected chi connectivity index (χ4v) is 3.08. The molecule has 2 aromatic rings. The van der Waals surface area contributed by atoms with E-state index in [1.165, 1.54) is 11.1 Å². The normalized spacial score (nSPS) is 14.9. The molecular weight excluding hydrogens is 455 g/mol. The first kappa shape index (κ1) is 21.2. The van der Waals surface area contributed by atoms with Gasteiger partial charge < -0.3 is 15.1 Å². The second-order valence-corrected chi connectivity index (χ2v) is 6.50. The van der Waals surface area contributed by atoms with Gasteiger partial charge in [-0.25, -0.2) is 4.99 Å². The summed E-state index contributed by atoms with van der Waals surface area (Å²) in [5.41, 5.74) is 3.24. The molecule has 0 aliphatic carbocycles. The number of carbonyl (C=O) groups excluding carboxylic acids is 1. The van der Waals surface area contributed by atoms with Crippen LogP contribution in [0.25, 0.3) is 0 Å². The van der Waals surface area contributed by atoms with Gasteiger partial charge in [0.2, 0.25) is 5.91 Å². The Hall–Kier alpha value is -2.10. The maximum absolute atomic E-state index is 12.6. The van der Waals surface area contributed by atoms with E-state index in [9.17, 15) is 4.79 Å². The summed E-state index contributed by atoms with van der Waals surface area (Å²) in [5, 5.41) is 7.46. The lowest BCUT2D eigenvalue weighted by Gasteiger charge is -2.35. The van der Waals surface area contributed by atoms with Gasteiger partial charge >= 0.3 is 0 Å². The molecular formula is C19H27IN6O. The van der Waals surface area contributed by atoms with Crippen molar-refractivity contribution >= 4 is 41.5 Å². The van der Waals surface area contributed by atoms with Gasteiger partial charge in [0.15, 0.2) is 5.96 Å². The van der Waals surface area contributed by atoms with E-state index in [0.29, 0.717) is 19.6 Å². The Morgan fingerprint density at radius 3 is 2.78 bits per heavy atom. The molecule has 146 valence electrons. The van der Waals surface area contributed by atoms with Gasteiger partial charge in [0.05, 0.1) is 18.4 Å². The van der Waals surface area contributed by atoms with Crippen molar-refractivity contribution in [2.75, 3.05) is 31.1 Å². The van der Waals surface area contributed by atoms with E-state index in [1.807, 2.05) is 31.1 Å². The number of aromatic nitrogens is 2. The van der Waals surface area contributed by atoms with Crippen LogP contribution in [0.5, 0.6) is 0 Å². The summed E-state index contributed by atoms with van der Waals surface area (Å²) in [6, 6.07) is 8.34. The third-order valence-corrected chi connectivity index (χ3v) is 4.35. The molecule has 3 rings (SSSR count). The molecule has 1 fully saturated rings. The summed E-state index contributed by atoms with van der Waals surface area (Å²) in [6.45, 7) is 7.16. The van der Waals surface area contributed by atoms with Gasteiger partial charge in [-0.1, -0.05) is 29.8 Å². The van der Waals surface area contributed by atoms with E-state index in [0.717, 1.165) is 24.7 Å². The number of nitrogens with zero attached hydrogens (tertiary/aromatic N) is 5. The van der Waals surface area contributed by atoms with E-state index in [-0.39, 0.29) is 29.9 Å². The van der Waals surface area contributed by atoms with Gasteiger partial charge in [-0.05, 0) is 19.4 Å². The molecule has 1 aromatic heterocycles.